The average molecular weight is 312 g/mol. The number of hydrogen-bond donors (Lipinski definition) is 3. The van der Waals surface area contributed by atoms with Gasteiger partial charge in [0.2, 0.25) is 0 Å². The van der Waals surface area contributed by atoms with Crippen LogP contribution in [0.25, 0.3) is 0 Å². The molecule has 0 spiro atoms. The molecule has 2 rings (SSSR count). The van der Waals surface area contributed by atoms with Gasteiger partial charge in [0.25, 0.3) is 5.91 Å². The summed E-state index contributed by atoms with van der Waals surface area (Å²) in [7, 11) is 3.93. The number of carbonyl (C=O) groups is 2. The highest BCUT2D eigenvalue weighted by Gasteiger charge is 2.09. The summed E-state index contributed by atoms with van der Waals surface area (Å²) < 4.78 is 0. The Kier molecular flexibility index (Phi) is 4.85. The quantitative estimate of drug-likeness (QED) is 0.811. The van der Waals surface area contributed by atoms with Gasteiger partial charge in [-0.25, -0.2) is 4.79 Å². The summed E-state index contributed by atoms with van der Waals surface area (Å²) in [6, 6.07) is 11.7. The molecule has 0 unspecified atom stereocenters. The lowest BCUT2D eigenvalue weighted by atomic mass is 10.1. The van der Waals surface area contributed by atoms with E-state index in [4.69, 9.17) is 5.73 Å². The third kappa shape index (κ3) is 4.23. The van der Waals surface area contributed by atoms with Crippen molar-refractivity contribution >= 4 is 29.0 Å². The van der Waals surface area contributed by atoms with E-state index in [1.54, 1.807) is 24.3 Å². The van der Waals surface area contributed by atoms with E-state index in [0.29, 0.717) is 11.3 Å². The zero-order valence-corrected chi connectivity index (χ0v) is 13.4. The smallest absolute Gasteiger partial charge is 0.316 e. The lowest BCUT2D eigenvalue weighted by Crippen LogP contribution is -2.20. The number of amides is 3. The minimum Gasteiger partial charge on any atom is -0.378 e. The maximum Gasteiger partial charge on any atom is 0.316 e. The zero-order valence-electron chi connectivity index (χ0n) is 13.4. The van der Waals surface area contributed by atoms with Gasteiger partial charge in [0.1, 0.15) is 0 Å². The minimum atomic E-state index is -0.669. The third-order valence-electron chi connectivity index (χ3n) is 3.37. The van der Waals surface area contributed by atoms with Crippen LogP contribution in [0, 0.1) is 6.92 Å². The maximum absolute atomic E-state index is 12.4. The molecule has 3 amide bonds. The van der Waals surface area contributed by atoms with Gasteiger partial charge < -0.3 is 21.3 Å². The molecule has 4 N–H and O–H groups in total. The van der Waals surface area contributed by atoms with Crippen molar-refractivity contribution in [3.63, 3.8) is 0 Å². The molecule has 0 heterocycles. The van der Waals surface area contributed by atoms with Crippen molar-refractivity contribution in [2.24, 2.45) is 5.73 Å². The molecular formula is C17H20N4O2. The van der Waals surface area contributed by atoms with Gasteiger partial charge in [0.05, 0.1) is 0 Å². The predicted molar refractivity (Wildman–Crippen MR) is 93.1 cm³/mol. The van der Waals surface area contributed by atoms with Gasteiger partial charge in [-0.2, -0.15) is 0 Å². The first kappa shape index (κ1) is 16.4. The van der Waals surface area contributed by atoms with Crippen LogP contribution in [0.3, 0.4) is 0 Å². The molecular weight excluding hydrogens is 292 g/mol. The molecule has 2 aromatic rings. The summed E-state index contributed by atoms with van der Waals surface area (Å²) in [5.74, 6) is -0.251. The minimum absolute atomic E-state index is 0.251. The fourth-order valence-corrected chi connectivity index (χ4v) is 2.14. The second kappa shape index (κ2) is 6.83. The van der Waals surface area contributed by atoms with E-state index in [2.05, 4.69) is 10.6 Å². The van der Waals surface area contributed by atoms with Crippen LogP contribution in [0.5, 0.6) is 0 Å². The Morgan fingerprint density at radius 1 is 1.04 bits per heavy atom. The highest BCUT2D eigenvalue weighted by molar-refractivity contribution is 6.05. The SMILES string of the molecule is Cc1cc(N(C)C)ccc1NC(=O)c1cccc(NC(N)=O)c1. The average Bonchev–Trinajstić information content (AvgIpc) is 2.48. The zero-order chi connectivity index (χ0) is 17.0. The number of rotatable bonds is 4. The second-order valence-electron chi connectivity index (χ2n) is 5.42. The Balaban J connectivity index is 2.17. The lowest BCUT2D eigenvalue weighted by molar-refractivity contribution is 0.102. The van der Waals surface area contributed by atoms with Crippen molar-refractivity contribution in [2.45, 2.75) is 6.92 Å². The molecule has 2 aromatic carbocycles. The number of urea groups is 1. The standard InChI is InChI=1S/C17H20N4O2/c1-11-9-14(21(2)3)7-8-15(11)20-16(22)12-5-4-6-13(10-12)19-17(18)23/h4-10H,1-3H3,(H,20,22)(H3,18,19,23). The highest BCUT2D eigenvalue weighted by Crippen LogP contribution is 2.22. The fraction of sp³-hybridized carbons (Fsp3) is 0.176. The van der Waals surface area contributed by atoms with Crippen molar-refractivity contribution < 1.29 is 9.59 Å². The van der Waals surface area contributed by atoms with Crippen LogP contribution in [0.2, 0.25) is 0 Å². The predicted octanol–water partition coefficient (Wildman–Crippen LogP) is 2.80. The molecule has 0 aliphatic rings. The van der Waals surface area contributed by atoms with E-state index in [-0.39, 0.29) is 5.91 Å². The molecule has 0 aliphatic carbocycles. The van der Waals surface area contributed by atoms with Crippen LogP contribution in [0.4, 0.5) is 21.9 Å². The number of carbonyl (C=O) groups excluding carboxylic acids is 2. The Bertz CT molecular complexity index is 741. The lowest BCUT2D eigenvalue weighted by Gasteiger charge is -2.15. The molecule has 0 aromatic heterocycles. The molecule has 0 saturated carbocycles. The van der Waals surface area contributed by atoms with Crippen molar-refractivity contribution in [3.05, 3.63) is 53.6 Å². The number of hydrogen-bond acceptors (Lipinski definition) is 3. The number of benzene rings is 2. The van der Waals surface area contributed by atoms with Gasteiger partial charge in [0.15, 0.2) is 0 Å². The van der Waals surface area contributed by atoms with Gasteiger partial charge >= 0.3 is 6.03 Å². The summed E-state index contributed by atoms with van der Waals surface area (Å²) in [5, 5.41) is 5.32. The first-order valence-electron chi connectivity index (χ1n) is 7.12. The topological polar surface area (TPSA) is 87.5 Å². The van der Waals surface area contributed by atoms with Gasteiger partial charge in [-0.05, 0) is 48.9 Å². The van der Waals surface area contributed by atoms with E-state index in [0.717, 1.165) is 16.9 Å². The van der Waals surface area contributed by atoms with Gasteiger partial charge in [-0.3, -0.25) is 4.79 Å². The number of nitrogens with zero attached hydrogens (tertiary/aromatic N) is 1. The Morgan fingerprint density at radius 2 is 1.78 bits per heavy atom. The van der Waals surface area contributed by atoms with Crippen LogP contribution in [0.15, 0.2) is 42.5 Å². The van der Waals surface area contributed by atoms with Gasteiger partial charge in [-0.1, -0.05) is 6.07 Å². The van der Waals surface area contributed by atoms with Gasteiger partial charge in [-0.15, -0.1) is 0 Å². The van der Waals surface area contributed by atoms with Crippen LogP contribution >= 0.6 is 0 Å². The maximum atomic E-state index is 12.4. The molecule has 6 heteroatoms. The van der Waals surface area contributed by atoms with E-state index >= 15 is 0 Å². The van der Waals surface area contributed by atoms with Crippen molar-refractivity contribution in [1.82, 2.24) is 0 Å². The third-order valence-corrected chi connectivity index (χ3v) is 3.37. The Labute approximate surface area is 135 Å². The molecule has 0 atom stereocenters. The number of anilines is 3. The molecule has 23 heavy (non-hydrogen) atoms. The first-order valence-corrected chi connectivity index (χ1v) is 7.12. The van der Waals surface area contributed by atoms with E-state index in [9.17, 15) is 9.59 Å². The summed E-state index contributed by atoms with van der Waals surface area (Å²) in [6.07, 6.45) is 0. The molecule has 0 bridgehead atoms. The molecule has 0 saturated heterocycles. The van der Waals surface area contributed by atoms with Crippen molar-refractivity contribution in [3.8, 4) is 0 Å². The van der Waals surface area contributed by atoms with E-state index < -0.39 is 6.03 Å². The molecule has 6 nitrogen and oxygen atoms in total. The number of primary amides is 1. The van der Waals surface area contributed by atoms with Crippen LogP contribution in [0.1, 0.15) is 15.9 Å². The fourth-order valence-electron chi connectivity index (χ4n) is 2.14. The first-order chi connectivity index (χ1) is 10.9. The summed E-state index contributed by atoms with van der Waals surface area (Å²) >= 11 is 0. The molecule has 0 radical (unpaired) electrons. The summed E-state index contributed by atoms with van der Waals surface area (Å²) in [6.45, 7) is 1.94. The Morgan fingerprint density at radius 3 is 2.39 bits per heavy atom. The number of aryl methyl sites for hydroxylation is 1. The van der Waals surface area contributed by atoms with E-state index in [1.165, 1.54) is 0 Å². The summed E-state index contributed by atoms with van der Waals surface area (Å²) in [4.78, 5) is 25.2. The van der Waals surface area contributed by atoms with E-state index in [1.807, 2.05) is 44.1 Å². The van der Waals surface area contributed by atoms with Crippen molar-refractivity contribution in [2.75, 3.05) is 29.6 Å². The monoisotopic (exact) mass is 312 g/mol. The molecule has 120 valence electrons. The van der Waals surface area contributed by atoms with Crippen LogP contribution < -0.4 is 21.3 Å². The second-order valence-corrected chi connectivity index (χ2v) is 5.42. The normalized spacial score (nSPS) is 10.0. The number of nitrogens with one attached hydrogen (secondary N) is 2. The van der Waals surface area contributed by atoms with Crippen molar-refractivity contribution in [1.29, 1.82) is 0 Å². The van der Waals surface area contributed by atoms with Gasteiger partial charge in [0, 0.05) is 36.7 Å². The van der Waals surface area contributed by atoms with Crippen LogP contribution in [-0.4, -0.2) is 26.0 Å². The van der Waals surface area contributed by atoms with Crippen LogP contribution in [-0.2, 0) is 0 Å². The number of nitrogens with two attached hydrogens (primary N) is 1. The molecule has 0 aliphatic heterocycles. The Hall–Kier alpha value is -3.02. The summed E-state index contributed by atoms with van der Waals surface area (Å²) in [5.41, 5.74) is 8.77. The largest absolute Gasteiger partial charge is 0.378 e. The highest BCUT2D eigenvalue weighted by atomic mass is 16.2. The molecule has 0 fully saturated rings.